The highest BCUT2D eigenvalue weighted by Gasteiger charge is 2.03. The molecule has 2 rings (SSSR count). The monoisotopic (exact) mass is 234 g/mol. The molecule has 82 valence electrons. The fraction of sp³-hybridized carbons (Fsp3) is 0.0769. The van der Waals surface area contributed by atoms with Gasteiger partial charge in [0.05, 0.1) is 0 Å². The Morgan fingerprint density at radius 3 is 2.50 bits per heavy atom. The van der Waals surface area contributed by atoms with Gasteiger partial charge in [-0.15, -0.1) is 12.6 Å². The van der Waals surface area contributed by atoms with E-state index in [0.29, 0.717) is 11.5 Å². The standard InChI is InChI=1S/C13H11FOS/c14-12-8-11(16)6-7-13(12)15-9-10-4-2-1-3-5-10/h1-8,16H,9H2. The largest absolute Gasteiger partial charge is 0.486 e. The number of benzene rings is 2. The Balaban J connectivity index is 2.05. The first-order valence-corrected chi connectivity index (χ1v) is 5.35. The molecule has 0 aliphatic carbocycles. The zero-order chi connectivity index (χ0) is 11.4. The number of rotatable bonds is 3. The van der Waals surface area contributed by atoms with Crippen LogP contribution in [-0.2, 0) is 6.61 Å². The summed E-state index contributed by atoms with van der Waals surface area (Å²) in [6.45, 7) is 0.365. The fourth-order valence-electron chi connectivity index (χ4n) is 1.34. The maximum Gasteiger partial charge on any atom is 0.166 e. The lowest BCUT2D eigenvalue weighted by molar-refractivity contribution is 0.290. The Morgan fingerprint density at radius 2 is 1.81 bits per heavy atom. The Kier molecular flexibility index (Phi) is 3.47. The molecule has 0 atom stereocenters. The molecule has 0 spiro atoms. The normalized spacial score (nSPS) is 10.1. The second kappa shape index (κ2) is 5.03. The molecule has 0 N–H and O–H groups in total. The summed E-state index contributed by atoms with van der Waals surface area (Å²) in [5, 5.41) is 0. The van der Waals surface area contributed by atoms with E-state index in [9.17, 15) is 4.39 Å². The van der Waals surface area contributed by atoms with E-state index < -0.39 is 0 Å². The minimum atomic E-state index is -0.386. The molecule has 1 nitrogen and oxygen atoms in total. The van der Waals surface area contributed by atoms with Crippen molar-refractivity contribution in [3.05, 3.63) is 59.9 Å². The van der Waals surface area contributed by atoms with E-state index in [0.717, 1.165) is 5.56 Å². The zero-order valence-corrected chi connectivity index (χ0v) is 9.45. The Labute approximate surface area is 99.3 Å². The van der Waals surface area contributed by atoms with Crippen LogP contribution in [0.1, 0.15) is 5.56 Å². The van der Waals surface area contributed by atoms with Gasteiger partial charge in [-0.2, -0.15) is 0 Å². The van der Waals surface area contributed by atoms with Crippen molar-refractivity contribution in [2.45, 2.75) is 11.5 Å². The number of ether oxygens (including phenoxy) is 1. The van der Waals surface area contributed by atoms with Gasteiger partial charge in [-0.05, 0) is 23.8 Å². The van der Waals surface area contributed by atoms with Gasteiger partial charge in [0, 0.05) is 4.90 Å². The van der Waals surface area contributed by atoms with E-state index >= 15 is 0 Å². The lowest BCUT2D eigenvalue weighted by Crippen LogP contribution is -1.96. The summed E-state index contributed by atoms with van der Waals surface area (Å²) in [5.41, 5.74) is 1.01. The van der Waals surface area contributed by atoms with Crippen molar-refractivity contribution in [2.75, 3.05) is 0 Å². The maximum atomic E-state index is 13.4. The molecule has 0 fully saturated rings. The van der Waals surface area contributed by atoms with Crippen LogP contribution in [0, 0.1) is 5.82 Å². The van der Waals surface area contributed by atoms with E-state index in [1.807, 2.05) is 30.3 Å². The highest BCUT2D eigenvalue weighted by atomic mass is 32.1. The molecule has 3 heteroatoms. The predicted octanol–water partition coefficient (Wildman–Crippen LogP) is 3.69. The van der Waals surface area contributed by atoms with E-state index in [2.05, 4.69) is 12.6 Å². The van der Waals surface area contributed by atoms with Crippen molar-refractivity contribution in [1.29, 1.82) is 0 Å². The molecule has 0 saturated heterocycles. The fourth-order valence-corrected chi connectivity index (χ4v) is 1.53. The molecule has 0 aliphatic heterocycles. The molecular weight excluding hydrogens is 223 g/mol. The van der Waals surface area contributed by atoms with Gasteiger partial charge in [-0.3, -0.25) is 0 Å². The number of hydrogen-bond acceptors (Lipinski definition) is 2. The van der Waals surface area contributed by atoms with E-state index in [-0.39, 0.29) is 11.6 Å². The van der Waals surface area contributed by atoms with Gasteiger partial charge in [-0.25, -0.2) is 4.39 Å². The van der Waals surface area contributed by atoms with Crippen LogP contribution in [0.25, 0.3) is 0 Å². The summed E-state index contributed by atoms with van der Waals surface area (Å²) >= 11 is 4.04. The van der Waals surface area contributed by atoms with Gasteiger partial charge in [0.1, 0.15) is 6.61 Å². The summed E-state index contributed by atoms with van der Waals surface area (Å²) < 4.78 is 18.7. The van der Waals surface area contributed by atoms with Gasteiger partial charge < -0.3 is 4.74 Å². The lowest BCUT2D eigenvalue weighted by atomic mass is 10.2. The summed E-state index contributed by atoms with van der Waals surface area (Å²) in [5.74, 6) is -0.134. The average Bonchev–Trinajstić information content (AvgIpc) is 2.29. The van der Waals surface area contributed by atoms with E-state index in [4.69, 9.17) is 4.74 Å². The SMILES string of the molecule is Fc1cc(S)ccc1OCc1ccccc1. The molecule has 0 radical (unpaired) electrons. The molecule has 0 saturated carbocycles. The quantitative estimate of drug-likeness (QED) is 0.797. The minimum absolute atomic E-state index is 0.252. The summed E-state index contributed by atoms with van der Waals surface area (Å²) in [6.07, 6.45) is 0. The smallest absolute Gasteiger partial charge is 0.166 e. The Morgan fingerprint density at radius 1 is 1.06 bits per heavy atom. The van der Waals surface area contributed by atoms with Crippen molar-refractivity contribution >= 4 is 12.6 Å². The number of thiol groups is 1. The van der Waals surface area contributed by atoms with Crippen molar-refractivity contribution in [2.24, 2.45) is 0 Å². The first-order chi connectivity index (χ1) is 7.75. The first kappa shape index (κ1) is 11.0. The molecule has 0 aromatic heterocycles. The topological polar surface area (TPSA) is 9.23 Å². The number of halogens is 1. The zero-order valence-electron chi connectivity index (χ0n) is 8.56. The lowest BCUT2D eigenvalue weighted by Gasteiger charge is -2.07. The van der Waals surface area contributed by atoms with E-state index in [1.54, 1.807) is 12.1 Å². The van der Waals surface area contributed by atoms with Gasteiger partial charge in [-0.1, -0.05) is 30.3 Å². The second-order valence-corrected chi connectivity index (χ2v) is 3.91. The van der Waals surface area contributed by atoms with Crippen molar-refractivity contribution < 1.29 is 9.13 Å². The van der Waals surface area contributed by atoms with Crippen molar-refractivity contribution in [1.82, 2.24) is 0 Å². The second-order valence-electron chi connectivity index (χ2n) is 3.39. The van der Waals surface area contributed by atoms with Crippen LogP contribution in [0.4, 0.5) is 4.39 Å². The van der Waals surface area contributed by atoms with Crippen molar-refractivity contribution in [3.8, 4) is 5.75 Å². The third-order valence-corrected chi connectivity index (χ3v) is 2.43. The van der Waals surface area contributed by atoms with Gasteiger partial charge in [0.15, 0.2) is 11.6 Å². The highest BCUT2D eigenvalue weighted by molar-refractivity contribution is 7.80. The molecule has 0 aliphatic rings. The highest BCUT2D eigenvalue weighted by Crippen LogP contribution is 2.21. The van der Waals surface area contributed by atoms with Gasteiger partial charge in [0.25, 0.3) is 0 Å². The third kappa shape index (κ3) is 2.76. The summed E-state index contributed by atoms with van der Waals surface area (Å²) in [7, 11) is 0. The van der Waals surface area contributed by atoms with Crippen LogP contribution in [0.3, 0.4) is 0 Å². The molecule has 16 heavy (non-hydrogen) atoms. The van der Waals surface area contributed by atoms with Crippen LogP contribution in [0.2, 0.25) is 0 Å². The van der Waals surface area contributed by atoms with Crippen LogP contribution in [0.5, 0.6) is 5.75 Å². The van der Waals surface area contributed by atoms with Crippen molar-refractivity contribution in [3.63, 3.8) is 0 Å². The van der Waals surface area contributed by atoms with Crippen LogP contribution < -0.4 is 4.74 Å². The average molecular weight is 234 g/mol. The van der Waals surface area contributed by atoms with E-state index in [1.165, 1.54) is 6.07 Å². The summed E-state index contributed by atoms with van der Waals surface area (Å²) in [4.78, 5) is 0.588. The number of hydrogen-bond donors (Lipinski definition) is 1. The van der Waals surface area contributed by atoms with Crippen LogP contribution in [-0.4, -0.2) is 0 Å². The molecule has 2 aromatic carbocycles. The van der Waals surface area contributed by atoms with Crippen LogP contribution >= 0.6 is 12.6 Å². The molecule has 0 bridgehead atoms. The Bertz CT molecular complexity index is 471. The third-order valence-electron chi connectivity index (χ3n) is 2.15. The molecule has 0 heterocycles. The summed E-state index contributed by atoms with van der Waals surface area (Å²) in [6, 6.07) is 14.3. The minimum Gasteiger partial charge on any atom is -0.486 e. The molecular formula is C13H11FOS. The molecule has 2 aromatic rings. The molecule has 0 amide bonds. The predicted molar refractivity (Wildman–Crippen MR) is 64.4 cm³/mol. The Hall–Kier alpha value is -1.48. The van der Waals surface area contributed by atoms with Crippen LogP contribution in [0.15, 0.2) is 53.4 Å². The molecule has 0 unspecified atom stereocenters. The first-order valence-electron chi connectivity index (χ1n) is 4.91. The maximum absolute atomic E-state index is 13.4. The van der Waals surface area contributed by atoms with Gasteiger partial charge >= 0.3 is 0 Å². The van der Waals surface area contributed by atoms with Gasteiger partial charge in [0.2, 0.25) is 0 Å².